The number of aliphatic hydroxyl groups excluding tert-OH is 1. The number of ether oxygens (including phenoxy) is 1. The maximum atomic E-state index is 12.1. The Morgan fingerprint density at radius 2 is 1.83 bits per heavy atom. The van der Waals surface area contributed by atoms with Crippen molar-refractivity contribution in [2.24, 2.45) is 0 Å². The van der Waals surface area contributed by atoms with Crippen LogP contribution in [0.4, 0.5) is 22.2 Å². The van der Waals surface area contributed by atoms with Crippen LogP contribution in [0.15, 0.2) is 48.9 Å². The van der Waals surface area contributed by atoms with E-state index in [1.54, 1.807) is 42.7 Å². The van der Waals surface area contributed by atoms with Crippen molar-refractivity contribution in [2.75, 3.05) is 37.4 Å². The predicted octanol–water partition coefficient (Wildman–Crippen LogP) is 3.86. The summed E-state index contributed by atoms with van der Waals surface area (Å²) in [6.45, 7) is 6.76. The fraction of sp³-hybridized carbons (Fsp3) is 0.400. The van der Waals surface area contributed by atoms with Gasteiger partial charge in [0.2, 0.25) is 5.95 Å². The van der Waals surface area contributed by atoms with Crippen LogP contribution in [0.25, 0.3) is 11.3 Å². The van der Waals surface area contributed by atoms with Crippen molar-refractivity contribution < 1.29 is 14.6 Å². The molecule has 3 aromatic rings. The Bertz CT molecular complexity index is 1120. The molecule has 0 radical (unpaired) electrons. The van der Waals surface area contributed by atoms with E-state index in [1.807, 2.05) is 50.9 Å². The minimum Gasteiger partial charge on any atom is -0.444 e. The molecule has 0 unspecified atom stereocenters. The van der Waals surface area contributed by atoms with E-state index in [-0.39, 0.29) is 12.7 Å². The molecule has 0 fully saturated rings. The van der Waals surface area contributed by atoms with Gasteiger partial charge in [0.05, 0.1) is 18.0 Å². The number of pyridine rings is 2. The minimum atomic E-state index is -0.503. The Balaban J connectivity index is 1.56. The standard InChI is InChI=1S/C25H33N7O3/c1-25(2,3)35-24(34)32(5)14-6-13-31(4)22-8-7-18(16-28-22)21-10-12-27-23(30-21)29-19-9-11-26-20(15-19)17-33/h7-12,15-16,33H,6,13-14,17H2,1-5H3,(H,26,27,29,30). The van der Waals surface area contributed by atoms with Gasteiger partial charge in [-0.1, -0.05) is 0 Å². The molecule has 3 rings (SSSR count). The van der Waals surface area contributed by atoms with Crippen molar-refractivity contribution in [3.05, 3.63) is 54.6 Å². The van der Waals surface area contributed by atoms with Gasteiger partial charge in [-0.25, -0.2) is 19.7 Å². The average Bonchev–Trinajstić information content (AvgIpc) is 2.83. The van der Waals surface area contributed by atoms with Crippen molar-refractivity contribution in [1.82, 2.24) is 24.8 Å². The maximum absolute atomic E-state index is 12.1. The van der Waals surface area contributed by atoms with Crippen molar-refractivity contribution >= 4 is 23.5 Å². The van der Waals surface area contributed by atoms with Crippen LogP contribution in [-0.2, 0) is 11.3 Å². The van der Waals surface area contributed by atoms with Crippen LogP contribution in [0.2, 0.25) is 0 Å². The van der Waals surface area contributed by atoms with E-state index in [0.717, 1.165) is 35.7 Å². The summed E-state index contributed by atoms with van der Waals surface area (Å²) >= 11 is 0. The molecule has 2 N–H and O–H groups in total. The Hall–Kier alpha value is -3.79. The molecule has 3 heterocycles. The summed E-state index contributed by atoms with van der Waals surface area (Å²) in [5, 5.41) is 12.4. The molecule has 0 saturated heterocycles. The second kappa shape index (κ2) is 11.6. The highest BCUT2D eigenvalue weighted by molar-refractivity contribution is 5.67. The fourth-order valence-electron chi connectivity index (χ4n) is 3.21. The Kier molecular flexibility index (Phi) is 8.53. The van der Waals surface area contributed by atoms with E-state index in [2.05, 4.69) is 25.3 Å². The first kappa shape index (κ1) is 25.8. The van der Waals surface area contributed by atoms with Crippen molar-refractivity contribution in [1.29, 1.82) is 0 Å². The molecule has 10 heteroatoms. The zero-order valence-electron chi connectivity index (χ0n) is 20.9. The van der Waals surface area contributed by atoms with Crippen LogP contribution in [0, 0.1) is 0 Å². The minimum absolute atomic E-state index is 0.136. The Morgan fingerprint density at radius 1 is 1.06 bits per heavy atom. The topological polar surface area (TPSA) is 117 Å². The molecule has 0 aliphatic heterocycles. The van der Waals surface area contributed by atoms with Gasteiger partial charge in [0.15, 0.2) is 0 Å². The van der Waals surface area contributed by atoms with Crippen molar-refractivity contribution in [3.63, 3.8) is 0 Å². The fourth-order valence-corrected chi connectivity index (χ4v) is 3.21. The van der Waals surface area contributed by atoms with Crippen LogP contribution >= 0.6 is 0 Å². The lowest BCUT2D eigenvalue weighted by Crippen LogP contribution is -2.35. The number of aliphatic hydroxyl groups is 1. The number of aromatic nitrogens is 4. The summed E-state index contributed by atoms with van der Waals surface area (Å²) in [4.78, 5) is 33.2. The zero-order valence-corrected chi connectivity index (χ0v) is 20.9. The lowest BCUT2D eigenvalue weighted by molar-refractivity contribution is 0.0298. The van der Waals surface area contributed by atoms with Gasteiger partial charge in [-0.3, -0.25) is 4.98 Å². The number of carbonyl (C=O) groups excluding carboxylic acids is 1. The van der Waals surface area contributed by atoms with Crippen LogP contribution in [0.5, 0.6) is 0 Å². The molecule has 0 atom stereocenters. The molecular weight excluding hydrogens is 446 g/mol. The molecule has 10 nitrogen and oxygen atoms in total. The van der Waals surface area contributed by atoms with Gasteiger partial charge in [-0.15, -0.1) is 0 Å². The summed E-state index contributed by atoms with van der Waals surface area (Å²) in [5.74, 6) is 1.27. The van der Waals surface area contributed by atoms with Gasteiger partial charge in [0.25, 0.3) is 0 Å². The van der Waals surface area contributed by atoms with Gasteiger partial charge in [0, 0.05) is 57.0 Å². The van der Waals surface area contributed by atoms with Gasteiger partial charge < -0.3 is 25.0 Å². The van der Waals surface area contributed by atoms with Crippen molar-refractivity contribution in [3.8, 4) is 11.3 Å². The highest BCUT2D eigenvalue weighted by Gasteiger charge is 2.19. The lowest BCUT2D eigenvalue weighted by atomic mass is 10.2. The van der Waals surface area contributed by atoms with Gasteiger partial charge >= 0.3 is 6.09 Å². The molecule has 0 aliphatic rings. The molecule has 35 heavy (non-hydrogen) atoms. The quantitative estimate of drug-likeness (QED) is 0.472. The number of anilines is 3. The van der Waals surface area contributed by atoms with Crippen molar-refractivity contribution in [2.45, 2.75) is 39.4 Å². The molecule has 186 valence electrons. The number of hydrogen-bond acceptors (Lipinski definition) is 9. The summed E-state index contributed by atoms with van der Waals surface area (Å²) in [7, 11) is 3.71. The zero-order chi connectivity index (χ0) is 25.4. The van der Waals surface area contributed by atoms with Gasteiger partial charge in [0.1, 0.15) is 11.4 Å². The average molecular weight is 480 g/mol. The molecule has 0 spiro atoms. The van der Waals surface area contributed by atoms with E-state index in [0.29, 0.717) is 18.2 Å². The van der Waals surface area contributed by atoms with E-state index in [1.165, 1.54) is 0 Å². The second-order valence-corrected chi connectivity index (χ2v) is 9.17. The van der Waals surface area contributed by atoms with E-state index in [9.17, 15) is 9.90 Å². The predicted molar refractivity (Wildman–Crippen MR) is 135 cm³/mol. The number of hydrogen-bond donors (Lipinski definition) is 2. The van der Waals surface area contributed by atoms with Gasteiger partial charge in [-0.05, 0) is 57.5 Å². The second-order valence-electron chi connectivity index (χ2n) is 9.17. The molecule has 3 aromatic heterocycles. The first-order chi connectivity index (χ1) is 16.6. The number of carbonyl (C=O) groups is 1. The smallest absolute Gasteiger partial charge is 0.410 e. The van der Waals surface area contributed by atoms with E-state index < -0.39 is 5.60 Å². The van der Waals surface area contributed by atoms with E-state index in [4.69, 9.17) is 4.74 Å². The molecule has 0 bridgehead atoms. The summed E-state index contributed by atoms with van der Waals surface area (Å²) < 4.78 is 5.38. The van der Waals surface area contributed by atoms with E-state index >= 15 is 0 Å². The maximum Gasteiger partial charge on any atom is 0.410 e. The number of amides is 1. The third kappa shape index (κ3) is 7.89. The normalized spacial score (nSPS) is 11.1. The lowest BCUT2D eigenvalue weighted by Gasteiger charge is -2.25. The number of rotatable bonds is 9. The molecule has 1 amide bonds. The third-order valence-corrected chi connectivity index (χ3v) is 5.02. The SMILES string of the molecule is CN(CCCN(C)c1ccc(-c2ccnc(Nc3ccnc(CO)c3)n2)cn1)C(=O)OC(C)(C)C. The first-order valence-corrected chi connectivity index (χ1v) is 11.4. The summed E-state index contributed by atoms with van der Waals surface area (Å²) in [6, 6.07) is 9.26. The molecule has 0 aliphatic carbocycles. The van der Waals surface area contributed by atoms with Crippen LogP contribution in [0.1, 0.15) is 32.9 Å². The van der Waals surface area contributed by atoms with Crippen LogP contribution < -0.4 is 10.2 Å². The van der Waals surface area contributed by atoms with Gasteiger partial charge in [-0.2, -0.15) is 0 Å². The highest BCUT2D eigenvalue weighted by atomic mass is 16.6. The molecule has 0 aromatic carbocycles. The highest BCUT2D eigenvalue weighted by Crippen LogP contribution is 2.21. The first-order valence-electron chi connectivity index (χ1n) is 11.4. The summed E-state index contributed by atoms with van der Waals surface area (Å²) in [5.41, 5.74) is 2.40. The van der Waals surface area contributed by atoms with Crippen LogP contribution in [0.3, 0.4) is 0 Å². The summed E-state index contributed by atoms with van der Waals surface area (Å²) in [6.07, 6.45) is 5.54. The number of nitrogens with zero attached hydrogens (tertiary/aromatic N) is 6. The Morgan fingerprint density at radius 3 is 2.51 bits per heavy atom. The monoisotopic (exact) mass is 479 g/mol. The Labute approximate surface area is 206 Å². The largest absolute Gasteiger partial charge is 0.444 e. The molecule has 0 saturated carbocycles. The van der Waals surface area contributed by atoms with Crippen LogP contribution in [-0.4, -0.2) is 68.8 Å². The molecular formula is C25H33N7O3. The third-order valence-electron chi connectivity index (χ3n) is 5.02. The number of nitrogens with one attached hydrogen (secondary N) is 1.